The molecular formula is C13H15N5O4. The topological polar surface area (TPSA) is 132 Å². The fourth-order valence-corrected chi connectivity index (χ4v) is 1.60. The molecule has 1 aromatic heterocycles. The van der Waals surface area contributed by atoms with Gasteiger partial charge in [-0.3, -0.25) is 20.4 Å². The summed E-state index contributed by atoms with van der Waals surface area (Å²) in [6.07, 6.45) is -0.333. The first-order valence-corrected chi connectivity index (χ1v) is 6.51. The molecule has 0 bridgehead atoms. The molecule has 2 rings (SSSR count). The van der Waals surface area contributed by atoms with Crippen LogP contribution in [0.1, 0.15) is 23.8 Å². The number of carbonyl (C=O) groups is 2. The molecule has 0 saturated carbocycles. The average Bonchev–Trinajstić information content (AvgIpc) is 2.97. The molecule has 1 atom stereocenters. The van der Waals surface area contributed by atoms with E-state index in [4.69, 9.17) is 10.5 Å². The van der Waals surface area contributed by atoms with E-state index in [0.29, 0.717) is 12.2 Å². The van der Waals surface area contributed by atoms with Crippen molar-refractivity contribution in [2.24, 2.45) is 0 Å². The number of carbonyl (C=O) groups excluding carboxylic acids is 2. The molecule has 0 aliphatic rings. The second kappa shape index (κ2) is 7.07. The van der Waals surface area contributed by atoms with E-state index in [1.165, 1.54) is 0 Å². The fourth-order valence-electron chi connectivity index (χ4n) is 1.60. The second-order valence-corrected chi connectivity index (χ2v) is 4.27. The number of ether oxygens (including phenoxy) is 1. The average molecular weight is 305 g/mol. The van der Waals surface area contributed by atoms with Crippen molar-refractivity contribution >= 4 is 17.6 Å². The van der Waals surface area contributed by atoms with Gasteiger partial charge in [0.2, 0.25) is 11.5 Å². The molecule has 0 aliphatic heterocycles. The van der Waals surface area contributed by atoms with E-state index in [1.807, 2.05) is 6.07 Å². The predicted octanol–water partition coefficient (Wildman–Crippen LogP) is 0.270. The van der Waals surface area contributed by atoms with Crippen molar-refractivity contribution in [3.8, 4) is 5.75 Å². The Morgan fingerprint density at radius 2 is 2.00 bits per heavy atom. The highest BCUT2D eigenvalue weighted by Gasteiger charge is 2.21. The van der Waals surface area contributed by atoms with Crippen molar-refractivity contribution in [1.29, 1.82) is 0 Å². The predicted molar refractivity (Wildman–Crippen MR) is 75.5 cm³/mol. The monoisotopic (exact) mass is 305 g/mol. The second-order valence-electron chi connectivity index (χ2n) is 4.27. The molecule has 1 aromatic carbocycles. The van der Waals surface area contributed by atoms with Crippen LogP contribution in [0.25, 0.3) is 0 Å². The third kappa shape index (κ3) is 3.72. The minimum absolute atomic E-state index is 0.167. The fraction of sp³-hybridized carbons (Fsp3) is 0.231. The van der Waals surface area contributed by atoms with Crippen LogP contribution in [0.2, 0.25) is 0 Å². The Balaban J connectivity index is 1.90. The van der Waals surface area contributed by atoms with Crippen molar-refractivity contribution in [1.82, 2.24) is 21.2 Å². The number of nitrogen functional groups attached to an aromatic ring is 1. The Kier molecular flexibility index (Phi) is 4.91. The lowest BCUT2D eigenvalue weighted by atomic mass is 10.2. The number of para-hydroxylation sites is 1. The lowest BCUT2D eigenvalue weighted by Gasteiger charge is -2.17. The molecule has 9 heteroatoms. The number of anilines is 1. The zero-order chi connectivity index (χ0) is 15.9. The largest absolute Gasteiger partial charge is 0.481 e. The van der Waals surface area contributed by atoms with Crippen molar-refractivity contribution < 1.29 is 19.0 Å². The molecule has 116 valence electrons. The van der Waals surface area contributed by atoms with Gasteiger partial charge >= 0.3 is 0 Å². The van der Waals surface area contributed by atoms with Crippen LogP contribution in [-0.2, 0) is 4.79 Å². The first-order valence-electron chi connectivity index (χ1n) is 6.51. The summed E-state index contributed by atoms with van der Waals surface area (Å²) in [5.41, 5.74) is 9.57. The standard InChI is InChI=1S/C13H15N5O4/c1-2-9(21-8-6-4-3-5-7-8)12(19)15-16-13(20)10-11(14)18-22-17-10/h3-7,9H,2H2,1H3,(H2,14,18)(H,15,19)(H,16,20). The van der Waals surface area contributed by atoms with Gasteiger partial charge in [0.05, 0.1) is 0 Å². The van der Waals surface area contributed by atoms with Crippen LogP contribution in [0.15, 0.2) is 35.0 Å². The van der Waals surface area contributed by atoms with E-state index in [1.54, 1.807) is 31.2 Å². The molecule has 4 N–H and O–H groups in total. The third-order valence-corrected chi connectivity index (χ3v) is 2.71. The van der Waals surface area contributed by atoms with E-state index in [0.717, 1.165) is 0 Å². The van der Waals surface area contributed by atoms with Gasteiger partial charge in [0, 0.05) is 0 Å². The SMILES string of the molecule is CCC(Oc1ccccc1)C(=O)NNC(=O)c1nonc1N. The van der Waals surface area contributed by atoms with E-state index < -0.39 is 17.9 Å². The van der Waals surface area contributed by atoms with Gasteiger partial charge in [-0.15, -0.1) is 0 Å². The summed E-state index contributed by atoms with van der Waals surface area (Å²) in [5.74, 6) is -0.850. The van der Waals surface area contributed by atoms with Crippen molar-refractivity contribution in [2.75, 3.05) is 5.73 Å². The normalized spacial score (nSPS) is 11.5. The Hall–Kier alpha value is -3.10. The smallest absolute Gasteiger partial charge is 0.295 e. The van der Waals surface area contributed by atoms with Crippen molar-refractivity contribution in [3.05, 3.63) is 36.0 Å². The summed E-state index contributed by atoms with van der Waals surface area (Å²) in [6.45, 7) is 1.79. The molecule has 9 nitrogen and oxygen atoms in total. The van der Waals surface area contributed by atoms with Crippen LogP contribution >= 0.6 is 0 Å². The van der Waals surface area contributed by atoms with Gasteiger partial charge in [-0.25, -0.2) is 4.63 Å². The molecule has 0 radical (unpaired) electrons. The Bertz CT molecular complexity index is 643. The minimum Gasteiger partial charge on any atom is -0.481 e. The van der Waals surface area contributed by atoms with E-state index in [9.17, 15) is 9.59 Å². The number of nitrogens with one attached hydrogen (secondary N) is 2. The molecule has 1 heterocycles. The van der Waals surface area contributed by atoms with Gasteiger partial charge in [0.1, 0.15) is 5.75 Å². The quantitative estimate of drug-likeness (QED) is 0.675. The third-order valence-electron chi connectivity index (χ3n) is 2.71. The molecule has 1 unspecified atom stereocenters. The molecule has 0 fully saturated rings. The number of nitrogens with two attached hydrogens (primary N) is 1. The number of hydrazine groups is 1. The lowest BCUT2D eigenvalue weighted by Crippen LogP contribution is -2.48. The summed E-state index contributed by atoms with van der Waals surface area (Å²) >= 11 is 0. The van der Waals surface area contributed by atoms with Crippen LogP contribution < -0.4 is 21.3 Å². The van der Waals surface area contributed by atoms with E-state index in [2.05, 4.69) is 25.8 Å². The molecular weight excluding hydrogens is 290 g/mol. The van der Waals surface area contributed by atoms with Gasteiger partial charge < -0.3 is 10.5 Å². The molecule has 22 heavy (non-hydrogen) atoms. The van der Waals surface area contributed by atoms with Gasteiger partial charge in [-0.2, -0.15) is 0 Å². The Labute approximate surface area is 125 Å². The van der Waals surface area contributed by atoms with E-state index >= 15 is 0 Å². The zero-order valence-electron chi connectivity index (χ0n) is 11.8. The molecule has 0 spiro atoms. The van der Waals surface area contributed by atoms with Crippen LogP contribution in [0.4, 0.5) is 5.82 Å². The Morgan fingerprint density at radius 3 is 2.59 bits per heavy atom. The first-order chi connectivity index (χ1) is 10.6. The highest BCUT2D eigenvalue weighted by Crippen LogP contribution is 2.12. The molecule has 0 aliphatic carbocycles. The van der Waals surface area contributed by atoms with Crippen molar-refractivity contribution in [2.45, 2.75) is 19.4 Å². The number of hydrogen-bond donors (Lipinski definition) is 3. The van der Waals surface area contributed by atoms with E-state index in [-0.39, 0.29) is 11.5 Å². The van der Waals surface area contributed by atoms with Gasteiger partial charge in [-0.1, -0.05) is 25.1 Å². The number of aromatic nitrogens is 2. The number of nitrogens with zero attached hydrogens (tertiary/aromatic N) is 2. The molecule has 0 saturated heterocycles. The summed E-state index contributed by atoms with van der Waals surface area (Å²) in [4.78, 5) is 23.7. The summed E-state index contributed by atoms with van der Waals surface area (Å²) in [5, 5.41) is 6.59. The van der Waals surface area contributed by atoms with Crippen LogP contribution in [0.3, 0.4) is 0 Å². The number of rotatable bonds is 5. The summed E-state index contributed by atoms with van der Waals surface area (Å²) in [6, 6.07) is 8.89. The van der Waals surface area contributed by atoms with Crippen LogP contribution in [-0.4, -0.2) is 28.2 Å². The number of benzene rings is 1. The number of hydrogen-bond acceptors (Lipinski definition) is 7. The highest BCUT2D eigenvalue weighted by molar-refractivity contribution is 5.97. The summed E-state index contributed by atoms with van der Waals surface area (Å²) < 4.78 is 9.84. The first kappa shape index (κ1) is 15.3. The maximum Gasteiger partial charge on any atom is 0.295 e. The minimum atomic E-state index is -0.754. The van der Waals surface area contributed by atoms with Gasteiger partial charge in [0.15, 0.2) is 6.10 Å². The maximum absolute atomic E-state index is 12.0. The molecule has 2 amide bonds. The van der Waals surface area contributed by atoms with Gasteiger partial charge in [0.25, 0.3) is 11.8 Å². The van der Waals surface area contributed by atoms with Crippen molar-refractivity contribution in [3.63, 3.8) is 0 Å². The van der Waals surface area contributed by atoms with Gasteiger partial charge in [-0.05, 0) is 28.9 Å². The zero-order valence-corrected chi connectivity index (χ0v) is 11.8. The van der Waals surface area contributed by atoms with Crippen LogP contribution in [0, 0.1) is 0 Å². The highest BCUT2D eigenvalue weighted by atomic mass is 16.6. The Morgan fingerprint density at radius 1 is 1.27 bits per heavy atom. The molecule has 2 aromatic rings. The number of amides is 2. The lowest BCUT2D eigenvalue weighted by molar-refractivity contribution is -0.128. The maximum atomic E-state index is 12.0. The van der Waals surface area contributed by atoms with Crippen LogP contribution in [0.5, 0.6) is 5.75 Å². The summed E-state index contributed by atoms with van der Waals surface area (Å²) in [7, 11) is 0.